The normalized spacial score (nSPS) is 22.9. The summed E-state index contributed by atoms with van der Waals surface area (Å²) in [6, 6.07) is 11.5. The van der Waals surface area contributed by atoms with Crippen molar-refractivity contribution in [1.82, 2.24) is 4.90 Å². The van der Waals surface area contributed by atoms with E-state index in [0.717, 1.165) is 13.0 Å². The predicted molar refractivity (Wildman–Crippen MR) is 64.5 cm³/mol. The Labute approximate surface area is 93.1 Å². The second-order valence-electron chi connectivity index (χ2n) is 4.39. The average Bonchev–Trinajstić information content (AvgIpc) is 2.31. The maximum Gasteiger partial charge on any atom is 0.0236 e. The van der Waals surface area contributed by atoms with Crippen molar-refractivity contribution in [2.24, 2.45) is 0 Å². The van der Waals surface area contributed by atoms with Crippen LogP contribution in [0, 0.1) is 6.92 Å². The second-order valence-corrected chi connectivity index (χ2v) is 4.39. The Bertz CT molecular complexity index is 281. The molecule has 1 nitrogen and oxygen atoms in total. The van der Waals surface area contributed by atoms with Crippen molar-refractivity contribution >= 4 is 0 Å². The molecular formula is C14H20N. The molecule has 1 saturated heterocycles. The molecule has 1 aromatic carbocycles. The van der Waals surface area contributed by atoms with Crippen LogP contribution in [-0.4, -0.2) is 17.5 Å². The summed E-state index contributed by atoms with van der Waals surface area (Å²) in [4.78, 5) is 2.59. The standard InChI is InChI=1S/C14H20N/c1-2-14-10-6-7-11-15(14)12-13-8-4-3-5-9-13/h3-5,8-9,14H,1-2,6-7,10-12H2. The highest BCUT2D eigenvalue weighted by atomic mass is 15.2. The molecule has 0 saturated carbocycles. The lowest BCUT2D eigenvalue weighted by Gasteiger charge is -2.35. The monoisotopic (exact) mass is 202 g/mol. The van der Waals surface area contributed by atoms with Gasteiger partial charge in [-0.1, -0.05) is 43.7 Å². The molecular weight excluding hydrogens is 182 g/mol. The van der Waals surface area contributed by atoms with E-state index in [1.807, 2.05) is 0 Å². The maximum absolute atomic E-state index is 4.06. The van der Waals surface area contributed by atoms with Crippen LogP contribution in [0.5, 0.6) is 0 Å². The summed E-state index contributed by atoms with van der Waals surface area (Å²) >= 11 is 0. The van der Waals surface area contributed by atoms with Gasteiger partial charge >= 0.3 is 0 Å². The molecule has 1 aliphatic rings. The van der Waals surface area contributed by atoms with Gasteiger partial charge in [-0.2, -0.15) is 0 Å². The highest BCUT2D eigenvalue weighted by molar-refractivity contribution is 5.14. The van der Waals surface area contributed by atoms with E-state index in [-0.39, 0.29) is 0 Å². The van der Waals surface area contributed by atoms with Gasteiger partial charge in [-0.25, -0.2) is 0 Å². The van der Waals surface area contributed by atoms with Gasteiger partial charge in [0.05, 0.1) is 0 Å². The third kappa shape index (κ3) is 2.82. The number of nitrogens with zero attached hydrogens (tertiary/aromatic N) is 1. The van der Waals surface area contributed by atoms with Gasteiger partial charge in [0.2, 0.25) is 0 Å². The molecule has 1 heterocycles. The highest BCUT2D eigenvalue weighted by Gasteiger charge is 2.20. The molecule has 0 aliphatic carbocycles. The molecule has 0 N–H and O–H groups in total. The van der Waals surface area contributed by atoms with Crippen LogP contribution >= 0.6 is 0 Å². The van der Waals surface area contributed by atoms with Gasteiger partial charge in [0.25, 0.3) is 0 Å². The number of hydrogen-bond donors (Lipinski definition) is 0. The molecule has 0 bridgehead atoms. The third-order valence-electron chi connectivity index (χ3n) is 3.31. The number of likely N-dealkylation sites (tertiary alicyclic amines) is 1. The zero-order chi connectivity index (χ0) is 10.5. The number of benzene rings is 1. The minimum absolute atomic E-state index is 0.707. The molecule has 1 aliphatic heterocycles. The zero-order valence-electron chi connectivity index (χ0n) is 9.36. The van der Waals surface area contributed by atoms with Crippen LogP contribution in [0.2, 0.25) is 0 Å². The van der Waals surface area contributed by atoms with Crippen molar-refractivity contribution in [2.75, 3.05) is 6.54 Å². The summed E-state index contributed by atoms with van der Waals surface area (Å²) in [7, 11) is 0. The molecule has 1 heteroatoms. The first-order valence-electron chi connectivity index (χ1n) is 5.97. The van der Waals surface area contributed by atoms with Crippen LogP contribution in [0.1, 0.15) is 31.2 Å². The number of piperidine rings is 1. The van der Waals surface area contributed by atoms with Crippen LogP contribution in [0.4, 0.5) is 0 Å². The number of rotatable bonds is 3. The van der Waals surface area contributed by atoms with Gasteiger partial charge in [0.1, 0.15) is 0 Å². The smallest absolute Gasteiger partial charge is 0.0236 e. The molecule has 0 amide bonds. The minimum Gasteiger partial charge on any atom is -0.296 e. The van der Waals surface area contributed by atoms with Crippen molar-refractivity contribution in [3.8, 4) is 0 Å². The summed E-state index contributed by atoms with van der Waals surface area (Å²) < 4.78 is 0. The van der Waals surface area contributed by atoms with E-state index in [9.17, 15) is 0 Å². The first-order valence-corrected chi connectivity index (χ1v) is 5.97. The lowest BCUT2D eigenvalue weighted by atomic mass is 9.99. The van der Waals surface area contributed by atoms with Crippen molar-refractivity contribution in [3.05, 3.63) is 42.8 Å². The quantitative estimate of drug-likeness (QED) is 0.727. The lowest BCUT2D eigenvalue weighted by molar-refractivity contribution is 0.141. The van der Waals surface area contributed by atoms with Gasteiger partial charge < -0.3 is 0 Å². The van der Waals surface area contributed by atoms with Gasteiger partial charge in [-0.3, -0.25) is 4.90 Å². The van der Waals surface area contributed by atoms with Crippen LogP contribution in [0.25, 0.3) is 0 Å². The van der Waals surface area contributed by atoms with Crippen LogP contribution in [-0.2, 0) is 6.54 Å². The van der Waals surface area contributed by atoms with E-state index in [1.165, 1.54) is 31.4 Å². The van der Waals surface area contributed by atoms with Crippen LogP contribution in [0.3, 0.4) is 0 Å². The Morgan fingerprint density at radius 3 is 2.73 bits per heavy atom. The largest absolute Gasteiger partial charge is 0.296 e. The summed E-state index contributed by atoms with van der Waals surface area (Å²) in [5, 5.41) is 0. The fraction of sp³-hybridized carbons (Fsp3) is 0.500. The first kappa shape index (κ1) is 10.7. The summed E-state index contributed by atoms with van der Waals surface area (Å²) in [6.45, 7) is 6.40. The zero-order valence-corrected chi connectivity index (χ0v) is 9.36. The minimum atomic E-state index is 0.707. The van der Waals surface area contributed by atoms with Gasteiger partial charge in [-0.15, -0.1) is 0 Å². The lowest BCUT2D eigenvalue weighted by Crippen LogP contribution is -2.38. The third-order valence-corrected chi connectivity index (χ3v) is 3.31. The summed E-state index contributed by atoms with van der Waals surface area (Å²) in [5.41, 5.74) is 1.43. The summed E-state index contributed by atoms with van der Waals surface area (Å²) in [6.07, 6.45) is 5.11. The van der Waals surface area contributed by atoms with E-state index < -0.39 is 0 Å². The maximum atomic E-state index is 4.06. The average molecular weight is 202 g/mol. The van der Waals surface area contributed by atoms with Crippen LogP contribution < -0.4 is 0 Å². The Hall–Kier alpha value is -0.820. The molecule has 1 atom stereocenters. The van der Waals surface area contributed by atoms with E-state index in [2.05, 4.69) is 42.2 Å². The number of hydrogen-bond acceptors (Lipinski definition) is 1. The molecule has 2 rings (SSSR count). The molecule has 0 aromatic heterocycles. The van der Waals surface area contributed by atoms with Gasteiger partial charge in [0.15, 0.2) is 0 Å². The second kappa shape index (κ2) is 5.32. The van der Waals surface area contributed by atoms with Crippen molar-refractivity contribution in [2.45, 2.75) is 38.3 Å². The van der Waals surface area contributed by atoms with E-state index in [1.54, 1.807) is 0 Å². The first-order chi connectivity index (χ1) is 7.40. The molecule has 0 spiro atoms. The summed E-state index contributed by atoms with van der Waals surface area (Å²) in [5.74, 6) is 0. The fourth-order valence-electron chi connectivity index (χ4n) is 2.41. The topological polar surface area (TPSA) is 3.24 Å². The van der Waals surface area contributed by atoms with Gasteiger partial charge in [-0.05, 0) is 31.4 Å². The molecule has 1 unspecified atom stereocenters. The Morgan fingerprint density at radius 2 is 2.00 bits per heavy atom. The van der Waals surface area contributed by atoms with Crippen LogP contribution in [0.15, 0.2) is 30.3 Å². The fourth-order valence-corrected chi connectivity index (χ4v) is 2.41. The van der Waals surface area contributed by atoms with E-state index in [4.69, 9.17) is 0 Å². The van der Waals surface area contributed by atoms with E-state index in [0.29, 0.717) is 6.04 Å². The molecule has 81 valence electrons. The molecule has 1 radical (unpaired) electrons. The van der Waals surface area contributed by atoms with E-state index >= 15 is 0 Å². The van der Waals surface area contributed by atoms with Gasteiger partial charge in [0, 0.05) is 12.6 Å². The van der Waals surface area contributed by atoms with Crippen molar-refractivity contribution in [1.29, 1.82) is 0 Å². The Morgan fingerprint density at radius 1 is 1.20 bits per heavy atom. The highest BCUT2D eigenvalue weighted by Crippen LogP contribution is 2.21. The van der Waals surface area contributed by atoms with Crippen molar-refractivity contribution in [3.63, 3.8) is 0 Å². The molecule has 1 fully saturated rings. The SMILES string of the molecule is [CH2]CC1CCCCN1Cc1ccccc1. The Balaban J connectivity index is 1.97. The molecule has 15 heavy (non-hydrogen) atoms. The molecule has 1 aromatic rings. The Kier molecular flexibility index (Phi) is 3.79. The van der Waals surface area contributed by atoms with Crippen molar-refractivity contribution < 1.29 is 0 Å². The predicted octanol–water partition coefficient (Wildman–Crippen LogP) is 3.27.